The average Bonchev–Trinajstić information content (AvgIpc) is 2.50. The van der Waals surface area contributed by atoms with Crippen molar-refractivity contribution in [3.8, 4) is 5.69 Å². The van der Waals surface area contributed by atoms with Gasteiger partial charge in [0, 0.05) is 10.7 Å². The quantitative estimate of drug-likeness (QED) is 0.674. The predicted octanol–water partition coefficient (Wildman–Crippen LogP) is 4.65. The second-order valence-electron chi connectivity index (χ2n) is 5.29. The normalized spacial score (nSPS) is 11.1. The van der Waals surface area contributed by atoms with E-state index in [1.807, 2.05) is 32.0 Å². The minimum absolute atomic E-state index is 0.228. The van der Waals surface area contributed by atoms with Crippen LogP contribution in [0.25, 0.3) is 16.5 Å². The fourth-order valence-electron chi connectivity index (χ4n) is 2.60. The summed E-state index contributed by atoms with van der Waals surface area (Å²) in [5, 5.41) is 1.72. The summed E-state index contributed by atoms with van der Waals surface area (Å²) < 4.78 is 15.1. The molecule has 22 heavy (non-hydrogen) atoms. The third-order valence-electron chi connectivity index (χ3n) is 3.83. The number of rotatable bonds is 2. The van der Waals surface area contributed by atoms with Gasteiger partial charge in [-0.2, -0.15) is 0 Å². The number of nitrogens with zero attached hydrogens (tertiary/aromatic N) is 1. The molecule has 0 fully saturated rings. The summed E-state index contributed by atoms with van der Waals surface area (Å²) in [6.07, 6.45) is 0.689. The van der Waals surface area contributed by atoms with E-state index in [0.29, 0.717) is 22.5 Å². The molecule has 2 aromatic carbocycles. The summed E-state index contributed by atoms with van der Waals surface area (Å²) in [7, 11) is 0. The maximum atomic E-state index is 13.5. The van der Waals surface area contributed by atoms with Crippen molar-refractivity contribution in [2.45, 2.75) is 20.3 Å². The van der Waals surface area contributed by atoms with Crippen molar-refractivity contribution in [1.82, 2.24) is 4.57 Å². The smallest absolute Gasteiger partial charge is 0.263 e. The van der Waals surface area contributed by atoms with Crippen molar-refractivity contribution in [3.05, 3.63) is 74.9 Å². The van der Waals surface area contributed by atoms with E-state index < -0.39 is 5.82 Å². The highest BCUT2D eigenvalue weighted by Crippen LogP contribution is 2.22. The lowest BCUT2D eigenvalue weighted by Crippen LogP contribution is -2.22. The zero-order valence-corrected chi connectivity index (χ0v) is 13.1. The van der Waals surface area contributed by atoms with Gasteiger partial charge in [0.25, 0.3) is 5.56 Å². The highest BCUT2D eigenvalue weighted by molar-refractivity contribution is 6.31. The van der Waals surface area contributed by atoms with Crippen LogP contribution in [0.4, 0.5) is 4.39 Å². The number of hydrogen-bond donors (Lipinski definition) is 0. The van der Waals surface area contributed by atoms with Crippen LogP contribution in [0.5, 0.6) is 0 Å². The van der Waals surface area contributed by atoms with E-state index in [9.17, 15) is 9.18 Å². The lowest BCUT2D eigenvalue weighted by Gasteiger charge is -2.14. The molecule has 1 aromatic heterocycles. The Morgan fingerprint density at radius 3 is 2.59 bits per heavy atom. The molecule has 0 aliphatic carbocycles. The summed E-state index contributed by atoms with van der Waals surface area (Å²) in [6, 6.07) is 11.7. The van der Waals surface area contributed by atoms with Gasteiger partial charge in [-0.25, -0.2) is 4.39 Å². The van der Waals surface area contributed by atoms with E-state index in [4.69, 9.17) is 11.6 Å². The summed E-state index contributed by atoms with van der Waals surface area (Å²) in [4.78, 5) is 12.8. The zero-order chi connectivity index (χ0) is 15.9. The SMILES string of the molecule is CCc1cc2ccc(F)cc2c(=O)n1-c1ccc(C)c(Cl)c1. The van der Waals surface area contributed by atoms with Gasteiger partial charge in [0.1, 0.15) is 5.82 Å². The lowest BCUT2D eigenvalue weighted by molar-refractivity contribution is 0.629. The van der Waals surface area contributed by atoms with Gasteiger partial charge < -0.3 is 0 Å². The monoisotopic (exact) mass is 315 g/mol. The van der Waals surface area contributed by atoms with Gasteiger partial charge in [0.15, 0.2) is 0 Å². The molecule has 0 spiro atoms. The summed E-state index contributed by atoms with van der Waals surface area (Å²) >= 11 is 6.18. The standard InChI is InChI=1S/C18H15ClFNO/c1-3-14-8-12-5-6-13(20)9-16(12)18(22)21(14)15-7-4-11(2)17(19)10-15/h4-10H,3H2,1-2H3. The topological polar surface area (TPSA) is 22.0 Å². The molecule has 0 N–H and O–H groups in total. The Balaban J connectivity index is 2.38. The third-order valence-corrected chi connectivity index (χ3v) is 4.24. The summed E-state index contributed by atoms with van der Waals surface area (Å²) in [5.41, 5.74) is 2.28. The van der Waals surface area contributed by atoms with E-state index in [0.717, 1.165) is 16.6 Å². The van der Waals surface area contributed by atoms with Crippen LogP contribution in [0.1, 0.15) is 18.2 Å². The van der Waals surface area contributed by atoms with E-state index in [-0.39, 0.29) is 5.56 Å². The van der Waals surface area contributed by atoms with Crippen LogP contribution in [0, 0.1) is 12.7 Å². The molecule has 2 nitrogen and oxygen atoms in total. The largest absolute Gasteiger partial charge is 0.281 e. The van der Waals surface area contributed by atoms with Crippen LogP contribution in [-0.2, 0) is 6.42 Å². The number of benzene rings is 2. The van der Waals surface area contributed by atoms with E-state index in [1.54, 1.807) is 16.7 Å². The molecule has 1 heterocycles. The maximum Gasteiger partial charge on any atom is 0.263 e. The maximum absolute atomic E-state index is 13.5. The minimum atomic E-state index is -0.415. The van der Waals surface area contributed by atoms with Gasteiger partial charge in [0.2, 0.25) is 0 Å². The second-order valence-corrected chi connectivity index (χ2v) is 5.70. The Bertz CT molecular complexity index is 930. The van der Waals surface area contributed by atoms with Gasteiger partial charge in [-0.1, -0.05) is 30.7 Å². The van der Waals surface area contributed by atoms with E-state index in [1.165, 1.54) is 12.1 Å². The van der Waals surface area contributed by atoms with Crippen LogP contribution < -0.4 is 5.56 Å². The molecular formula is C18H15ClFNO. The van der Waals surface area contributed by atoms with Crippen molar-refractivity contribution >= 4 is 22.4 Å². The molecule has 0 atom stereocenters. The minimum Gasteiger partial charge on any atom is -0.281 e. The van der Waals surface area contributed by atoms with Crippen LogP contribution in [-0.4, -0.2) is 4.57 Å². The Labute approximate surface area is 132 Å². The van der Waals surface area contributed by atoms with Gasteiger partial charge in [-0.15, -0.1) is 0 Å². The summed E-state index contributed by atoms with van der Waals surface area (Å²) in [6.45, 7) is 3.89. The molecule has 4 heteroatoms. The Kier molecular flexibility index (Phi) is 3.75. The third kappa shape index (κ3) is 2.42. The van der Waals surface area contributed by atoms with Gasteiger partial charge in [-0.05, 0) is 54.6 Å². The van der Waals surface area contributed by atoms with E-state index >= 15 is 0 Å². The molecule has 0 saturated carbocycles. The van der Waals surface area contributed by atoms with Gasteiger partial charge in [-0.3, -0.25) is 9.36 Å². The predicted molar refractivity (Wildman–Crippen MR) is 88.6 cm³/mol. The summed E-state index contributed by atoms with van der Waals surface area (Å²) in [5.74, 6) is -0.415. The molecule has 3 aromatic rings. The van der Waals surface area contributed by atoms with Crippen molar-refractivity contribution in [2.24, 2.45) is 0 Å². The van der Waals surface area contributed by atoms with Crippen molar-refractivity contribution < 1.29 is 4.39 Å². The molecule has 0 aliphatic heterocycles. The first-order valence-electron chi connectivity index (χ1n) is 7.12. The number of halogens is 2. The molecule has 0 aliphatic rings. The first kappa shape index (κ1) is 14.8. The number of fused-ring (bicyclic) bond motifs is 1. The van der Waals surface area contributed by atoms with Gasteiger partial charge >= 0.3 is 0 Å². The van der Waals surface area contributed by atoms with E-state index in [2.05, 4.69) is 0 Å². The van der Waals surface area contributed by atoms with Crippen molar-refractivity contribution in [2.75, 3.05) is 0 Å². The molecular weight excluding hydrogens is 301 g/mol. The van der Waals surface area contributed by atoms with Crippen molar-refractivity contribution in [1.29, 1.82) is 0 Å². The highest BCUT2D eigenvalue weighted by atomic mass is 35.5. The Morgan fingerprint density at radius 2 is 1.91 bits per heavy atom. The highest BCUT2D eigenvalue weighted by Gasteiger charge is 2.11. The number of pyridine rings is 1. The molecule has 0 bridgehead atoms. The van der Waals surface area contributed by atoms with Crippen LogP contribution in [0.2, 0.25) is 5.02 Å². The number of aryl methyl sites for hydroxylation is 2. The average molecular weight is 316 g/mol. The first-order valence-corrected chi connectivity index (χ1v) is 7.49. The fourth-order valence-corrected chi connectivity index (χ4v) is 2.77. The molecule has 0 amide bonds. The molecule has 0 unspecified atom stereocenters. The molecule has 3 rings (SSSR count). The van der Waals surface area contributed by atoms with Crippen LogP contribution in [0.15, 0.2) is 47.3 Å². The van der Waals surface area contributed by atoms with Crippen LogP contribution >= 0.6 is 11.6 Å². The molecule has 0 radical (unpaired) electrons. The zero-order valence-electron chi connectivity index (χ0n) is 12.4. The van der Waals surface area contributed by atoms with Crippen LogP contribution in [0.3, 0.4) is 0 Å². The van der Waals surface area contributed by atoms with Gasteiger partial charge in [0.05, 0.1) is 11.1 Å². The number of hydrogen-bond acceptors (Lipinski definition) is 1. The fraction of sp³-hybridized carbons (Fsp3) is 0.167. The Morgan fingerprint density at radius 1 is 1.14 bits per heavy atom. The second kappa shape index (κ2) is 5.58. The lowest BCUT2D eigenvalue weighted by atomic mass is 10.1. The van der Waals surface area contributed by atoms with Crippen molar-refractivity contribution in [3.63, 3.8) is 0 Å². The first-order chi connectivity index (χ1) is 10.5. The molecule has 0 saturated heterocycles. The molecule has 112 valence electrons. The Hall–Kier alpha value is -2.13. The number of aromatic nitrogens is 1.